The molecule has 4 rings (SSSR count). The SMILES string of the molecule is Cc1nc2c3c(nc(=O)n(I)c3n1)N1CCN(I)CC1CO2. The molecular formula is C12H12I2N6O2. The van der Waals surface area contributed by atoms with Gasteiger partial charge < -0.3 is 9.64 Å². The number of halogens is 2. The third kappa shape index (κ3) is 2.26. The van der Waals surface area contributed by atoms with Gasteiger partial charge in [-0.1, -0.05) is 0 Å². The van der Waals surface area contributed by atoms with Crippen molar-refractivity contribution < 1.29 is 4.74 Å². The largest absolute Gasteiger partial charge is 0.475 e. The topological polar surface area (TPSA) is 76.4 Å². The van der Waals surface area contributed by atoms with E-state index in [1.807, 2.05) is 22.9 Å². The van der Waals surface area contributed by atoms with Gasteiger partial charge in [0.15, 0.2) is 11.5 Å². The van der Waals surface area contributed by atoms with Crippen LogP contribution in [0.1, 0.15) is 5.82 Å². The van der Waals surface area contributed by atoms with Crippen LogP contribution in [0.25, 0.3) is 11.0 Å². The van der Waals surface area contributed by atoms with Gasteiger partial charge in [0.1, 0.15) is 17.8 Å². The molecule has 22 heavy (non-hydrogen) atoms. The van der Waals surface area contributed by atoms with Gasteiger partial charge in [-0.3, -0.25) is 0 Å². The van der Waals surface area contributed by atoms with Crippen LogP contribution in [0.2, 0.25) is 0 Å². The first-order chi connectivity index (χ1) is 10.5. The van der Waals surface area contributed by atoms with E-state index in [0.29, 0.717) is 29.8 Å². The smallest absolute Gasteiger partial charge is 0.360 e. The molecule has 0 aromatic carbocycles. The quantitative estimate of drug-likeness (QED) is 0.374. The van der Waals surface area contributed by atoms with Crippen LogP contribution in [0.3, 0.4) is 0 Å². The van der Waals surface area contributed by atoms with Crippen molar-refractivity contribution in [1.29, 1.82) is 0 Å². The van der Waals surface area contributed by atoms with E-state index in [4.69, 9.17) is 4.74 Å². The van der Waals surface area contributed by atoms with Gasteiger partial charge in [0.2, 0.25) is 5.88 Å². The van der Waals surface area contributed by atoms with E-state index in [9.17, 15) is 4.79 Å². The molecule has 0 spiro atoms. The summed E-state index contributed by atoms with van der Waals surface area (Å²) in [5.41, 5.74) is 0.250. The zero-order valence-corrected chi connectivity index (χ0v) is 16.0. The van der Waals surface area contributed by atoms with E-state index in [2.05, 4.69) is 45.8 Å². The molecule has 0 radical (unpaired) electrons. The van der Waals surface area contributed by atoms with E-state index >= 15 is 0 Å². The van der Waals surface area contributed by atoms with Gasteiger partial charge in [-0.05, 0) is 6.92 Å². The van der Waals surface area contributed by atoms with Crippen LogP contribution >= 0.6 is 45.7 Å². The van der Waals surface area contributed by atoms with Gasteiger partial charge >= 0.3 is 5.69 Å². The van der Waals surface area contributed by atoms with Crippen molar-refractivity contribution in [2.24, 2.45) is 0 Å². The summed E-state index contributed by atoms with van der Waals surface area (Å²) in [5.74, 6) is 1.75. The molecule has 0 bridgehead atoms. The minimum absolute atomic E-state index is 0.153. The van der Waals surface area contributed by atoms with Crippen LogP contribution in [0.15, 0.2) is 4.79 Å². The van der Waals surface area contributed by atoms with Crippen molar-refractivity contribution in [3.63, 3.8) is 0 Å². The fraction of sp³-hybridized carbons (Fsp3) is 0.500. The van der Waals surface area contributed by atoms with Crippen LogP contribution in [0.5, 0.6) is 5.88 Å². The van der Waals surface area contributed by atoms with Crippen LogP contribution in [0.4, 0.5) is 5.82 Å². The summed E-state index contributed by atoms with van der Waals surface area (Å²) in [6.07, 6.45) is 0. The molecule has 1 saturated heterocycles. The lowest BCUT2D eigenvalue weighted by Gasteiger charge is -2.38. The first-order valence-corrected chi connectivity index (χ1v) is 8.75. The molecule has 2 aromatic heterocycles. The van der Waals surface area contributed by atoms with Gasteiger partial charge in [-0.15, -0.1) is 0 Å². The van der Waals surface area contributed by atoms with E-state index in [-0.39, 0.29) is 11.7 Å². The Morgan fingerprint density at radius 2 is 2.05 bits per heavy atom. The lowest BCUT2D eigenvalue weighted by atomic mass is 10.2. The molecule has 0 amide bonds. The lowest BCUT2D eigenvalue weighted by molar-refractivity contribution is 0.246. The zero-order chi connectivity index (χ0) is 15.4. The van der Waals surface area contributed by atoms with Gasteiger partial charge in [0.05, 0.1) is 28.9 Å². The number of anilines is 1. The Kier molecular flexibility index (Phi) is 3.64. The van der Waals surface area contributed by atoms with Crippen molar-refractivity contribution in [3.8, 4) is 5.88 Å². The maximum atomic E-state index is 12.2. The highest BCUT2D eigenvalue weighted by atomic mass is 127. The standard InChI is InChI=1S/C12H12I2N6O2/c1-6-15-10-8-9(17-12(21)20(10)14)19-3-2-18(13)4-7(19)5-22-11(8)16-6/h7H,2-5H2,1H3. The van der Waals surface area contributed by atoms with Crippen LogP contribution < -0.4 is 15.3 Å². The first-order valence-electron chi connectivity index (χ1n) is 6.82. The fourth-order valence-electron chi connectivity index (χ4n) is 2.88. The van der Waals surface area contributed by atoms with E-state index in [0.717, 1.165) is 25.0 Å². The Balaban J connectivity index is 2.02. The van der Waals surface area contributed by atoms with Gasteiger partial charge in [-0.25, -0.2) is 15.7 Å². The third-order valence-electron chi connectivity index (χ3n) is 3.87. The maximum absolute atomic E-state index is 12.2. The highest BCUT2D eigenvalue weighted by molar-refractivity contribution is 14.1. The average Bonchev–Trinajstić information content (AvgIpc) is 2.62. The second-order valence-electron chi connectivity index (χ2n) is 5.30. The fourth-order valence-corrected chi connectivity index (χ4v) is 4.01. The summed E-state index contributed by atoms with van der Waals surface area (Å²) in [4.78, 5) is 27.5. The Labute approximate surface area is 153 Å². The normalized spacial score (nSPS) is 21.4. The summed E-state index contributed by atoms with van der Waals surface area (Å²) in [7, 11) is 0. The Hall–Kier alpha value is -0.760. The Morgan fingerprint density at radius 3 is 2.86 bits per heavy atom. The minimum atomic E-state index is -0.315. The number of ether oxygens (including phenoxy) is 1. The van der Waals surface area contributed by atoms with Crippen LogP contribution in [0, 0.1) is 6.92 Å². The van der Waals surface area contributed by atoms with Crippen molar-refractivity contribution in [2.75, 3.05) is 31.1 Å². The second kappa shape index (κ2) is 5.40. The second-order valence-corrected chi connectivity index (χ2v) is 7.63. The molecule has 2 aromatic rings. The van der Waals surface area contributed by atoms with E-state index in [1.165, 1.54) is 2.78 Å². The molecule has 116 valence electrons. The first kappa shape index (κ1) is 14.8. The monoisotopic (exact) mass is 526 g/mol. The van der Waals surface area contributed by atoms with E-state index in [1.54, 1.807) is 6.92 Å². The molecule has 1 atom stereocenters. The highest BCUT2D eigenvalue weighted by Gasteiger charge is 2.34. The molecule has 1 unspecified atom stereocenters. The summed E-state index contributed by atoms with van der Waals surface area (Å²) in [6.45, 7) is 4.90. The van der Waals surface area contributed by atoms with Crippen LogP contribution in [-0.2, 0) is 0 Å². The van der Waals surface area contributed by atoms with Gasteiger partial charge in [0.25, 0.3) is 0 Å². The predicted octanol–water partition coefficient (Wildman–Crippen LogP) is 0.926. The number of rotatable bonds is 0. The average molecular weight is 526 g/mol. The van der Waals surface area contributed by atoms with E-state index < -0.39 is 0 Å². The van der Waals surface area contributed by atoms with Gasteiger partial charge in [-0.2, -0.15) is 9.97 Å². The highest BCUT2D eigenvalue weighted by Crippen LogP contribution is 2.35. The number of fused-ring (bicyclic) bond motifs is 2. The molecule has 8 nitrogen and oxygen atoms in total. The summed E-state index contributed by atoms with van der Waals surface area (Å²) < 4.78 is 9.58. The van der Waals surface area contributed by atoms with Crippen molar-refractivity contribution >= 4 is 62.6 Å². The zero-order valence-electron chi connectivity index (χ0n) is 11.7. The predicted molar refractivity (Wildman–Crippen MR) is 98.0 cm³/mol. The summed E-state index contributed by atoms with van der Waals surface area (Å²) in [6, 6.07) is 0.153. The maximum Gasteiger partial charge on any atom is 0.360 e. The Bertz CT molecular complexity index is 825. The molecule has 2 aliphatic heterocycles. The molecule has 0 saturated carbocycles. The summed E-state index contributed by atoms with van der Waals surface area (Å²) in [5, 5.41) is 0.726. The number of aryl methyl sites for hydroxylation is 1. The third-order valence-corrected chi connectivity index (χ3v) is 5.61. The molecule has 4 heterocycles. The number of piperazine rings is 1. The van der Waals surface area contributed by atoms with Crippen molar-refractivity contribution in [3.05, 3.63) is 16.3 Å². The number of hydrogen-bond donors (Lipinski definition) is 0. The van der Waals surface area contributed by atoms with Crippen molar-refractivity contribution in [2.45, 2.75) is 13.0 Å². The molecule has 0 N–H and O–H groups in total. The molecular weight excluding hydrogens is 514 g/mol. The number of aromatic nitrogens is 4. The van der Waals surface area contributed by atoms with Crippen molar-refractivity contribution in [1.82, 2.24) is 20.8 Å². The molecule has 1 fully saturated rings. The number of nitrogens with zero attached hydrogens (tertiary/aromatic N) is 6. The van der Waals surface area contributed by atoms with Crippen LogP contribution in [-0.4, -0.2) is 53.1 Å². The minimum Gasteiger partial charge on any atom is -0.475 e. The molecule has 2 aliphatic rings. The summed E-state index contributed by atoms with van der Waals surface area (Å²) >= 11 is 4.24. The Morgan fingerprint density at radius 1 is 1.23 bits per heavy atom. The van der Waals surface area contributed by atoms with Gasteiger partial charge in [0, 0.05) is 42.5 Å². The number of hydrogen-bond acceptors (Lipinski definition) is 7. The molecule has 0 aliphatic carbocycles. The lowest BCUT2D eigenvalue weighted by Crippen LogP contribution is -2.53. The molecule has 10 heteroatoms.